The van der Waals surface area contributed by atoms with Crippen molar-refractivity contribution in [2.75, 3.05) is 0 Å². The first kappa shape index (κ1) is 15.5. The van der Waals surface area contributed by atoms with Gasteiger partial charge in [-0.25, -0.2) is 9.59 Å². The Morgan fingerprint density at radius 2 is 1.25 bits per heavy atom. The summed E-state index contributed by atoms with van der Waals surface area (Å²) in [6, 6.07) is 18.1. The van der Waals surface area contributed by atoms with Crippen LogP contribution >= 0.6 is 0 Å². The number of rotatable bonds is 4. The zero-order chi connectivity index (χ0) is 17.1. The third-order valence-electron chi connectivity index (χ3n) is 3.73. The topological polar surface area (TPSA) is 74.6 Å². The molecule has 0 radical (unpaired) electrons. The Balaban J connectivity index is 2.04. The van der Waals surface area contributed by atoms with Gasteiger partial charge in [0, 0.05) is 0 Å². The minimum Gasteiger partial charge on any atom is -0.478 e. The molecule has 2 N–H and O–H groups in total. The van der Waals surface area contributed by atoms with Crippen LogP contribution in [-0.4, -0.2) is 22.2 Å². The highest BCUT2D eigenvalue weighted by Crippen LogP contribution is 2.23. The summed E-state index contributed by atoms with van der Waals surface area (Å²) in [5.74, 6) is -2.50. The number of carboxylic acid groups (broad SMARTS) is 2. The fourth-order valence-corrected chi connectivity index (χ4v) is 2.53. The van der Waals surface area contributed by atoms with Crippen molar-refractivity contribution in [1.29, 1.82) is 0 Å². The number of aromatic carboxylic acids is 2. The number of hydrogen-bond acceptors (Lipinski definition) is 2. The number of benzene rings is 3. The molecule has 0 unspecified atom stereocenters. The molecular weight excluding hydrogens is 304 g/mol. The van der Waals surface area contributed by atoms with Crippen LogP contribution in [0.3, 0.4) is 0 Å². The van der Waals surface area contributed by atoms with E-state index in [1.165, 1.54) is 12.1 Å². The molecule has 0 spiro atoms. The van der Waals surface area contributed by atoms with Crippen LogP contribution in [0.2, 0.25) is 0 Å². The normalized spacial score (nSPS) is 11.0. The van der Waals surface area contributed by atoms with Crippen LogP contribution in [-0.2, 0) is 0 Å². The van der Waals surface area contributed by atoms with E-state index in [1.807, 2.05) is 54.6 Å². The van der Waals surface area contributed by atoms with Crippen LogP contribution in [0.5, 0.6) is 0 Å². The van der Waals surface area contributed by atoms with Gasteiger partial charge in [0.1, 0.15) is 0 Å². The Bertz CT molecular complexity index is 956. The van der Waals surface area contributed by atoms with Crippen LogP contribution in [0, 0.1) is 0 Å². The average Bonchev–Trinajstić information content (AvgIpc) is 2.59. The molecule has 0 saturated heterocycles. The van der Waals surface area contributed by atoms with E-state index >= 15 is 0 Å². The fourth-order valence-electron chi connectivity index (χ4n) is 2.53. The van der Waals surface area contributed by atoms with Gasteiger partial charge in [-0.3, -0.25) is 0 Å². The van der Waals surface area contributed by atoms with E-state index < -0.39 is 11.9 Å². The summed E-state index contributed by atoms with van der Waals surface area (Å²) in [4.78, 5) is 22.5. The van der Waals surface area contributed by atoms with Gasteiger partial charge in [-0.2, -0.15) is 0 Å². The van der Waals surface area contributed by atoms with E-state index in [4.69, 9.17) is 5.11 Å². The average molecular weight is 318 g/mol. The first-order valence-electron chi connectivity index (χ1n) is 7.32. The molecule has 0 aliphatic carbocycles. The minimum atomic E-state index is -1.25. The molecule has 0 saturated carbocycles. The molecule has 0 atom stereocenters. The summed E-state index contributed by atoms with van der Waals surface area (Å²) in [6.45, 7) is 0. The summed E-state index contributed by atoms with van der Waals surface area (Å²) in [5.41, 5.74) is 1.55. The molecule has 3 rings (SSSR count). The third kappa shape index (κ3) is 3.17. The molecule has 4 nitrogen and oxygen atoms in total. The van der Waals surface area contributed by atoms with Gasteiger partial charge in [0.05, 0.1) is 11.1 Å². The molecule has 4 heteroatoms. The molecule has 118 valence electrons. The van der Waals surface area contributed by atoms with Crippen LogP contribution in [0.15, 0.2) is 60.7 Å². The molecule has 0 heterocycles. The first-order valence-corrected chi connectivity index (χ1v) is 7.32. The van der Waals surface area contributed by atoms with Gasteiger partial charge in [0.2, 0.25) is 0 Å². The van der Waals surface area contributed by atoms with Gasteiger partial charge in [-0.1, -0.05) is 54.6 Å². The second-order valence-electron chi connectivity index (χ2n) is 5.36. The highest BCUT2D eigenvalue weighted by atomic mass is 16.4. The smallest absolute Gasteiger partial charge is 0.336 e. The predicted octanol–water partition coefficient (Wildman–Crippen LogP) is 4.41. The molecular formula is C20H14O4. The monoisotopic (exact) mass is 318 g/mol. The number of carbonyl (C=O) groups is 2. The summed E-state index contributed by atoms with van der Waals surface area (Å²) in [7, 11) is 0. The van der Waals surface area contributed by atoms with Gasteiger partial charge in [0.15, 0.2) is 0 Å². The molecule has 0 aliphatic rings. The Hall–Kier alpha value is -3.40. The molecule has 0 fully saturated rings. The molecule has 0 aromatic heterocycles. The lowest BCUT2D eigenvalue weighted by molar-refractivity contribution is 0.0652. The third-order valence-corrected chi connectivity index (χ3v) is 3.73. The zero-order valence-electron chi connectivity index (χ0n) is 12.6. The van der Waals surface area contributed by atoms with E-state index in [2.05, 4.69) is 0 Å². The van der Waals surface area contributed by atoms with E-state index in [1.54, 1.807) is 6.07 Å². The molecule has 0 aliphatic heterocycles. The van der Waals surface area contributed by atoms with Crippen molar-refractivity contribution in [2.45, 2.75) is 0 Å². The maximum absolute atomic E-state index is 11.3. The molecule has 3 aromatic carbocycles. The lowest BCUT2D eigenvalue weighted by Crippen LogP contribution is -2.07. The summed E-state index contributed by atoms with van der Waals surface area (Å²) < 4.78 is 0. The highest BCUT2D eigenvalue weighted by Gasteiger charge is 2.16. The van der Waals surface area contributed by atoms with Crippen LogP contribution in [0.4, 0.5) is 0 Å². The lowest BCUT2D eigenvalue weighted by atomic mass is 9.99. The Labute approximate surface area is 138 Å². The number of hydrogen-bond donors (Lipinski definition) is 2. The van der Waals surface area contributed by atoms with Crippen molar-refractivity contribution >= 4 is 34.9 Å². The Morgan fingerprint density at radius 3 is 1.88 bits per heavy atom. The SMILES string of the molecule is O=C(O)c1cc2ccc(/C=C/c3ccccc3)cc2cc1C(=O)O. The zero-order valence-corrected chi connectivity index (χ0v) is 12.6. The Kier molecular flexibility index (Phi) is 4.12. The fraction of sp³-hybridized carbons (Fsp3) is 0. The molecule has 0 bridgehead atoms. The predicted molar refractivity (Wildman–Crippen MR) is 93.2 cm³/mol. The van der Waals surface area contributed by atoms with E-state index in [-0.39, 0.29) is 11.1 Å². The van der Waals surface area contributed by atoms with Crippen molar-refractivity contribution in [3.63, 3.8) is 0 Å². The van der Waals surface area contributed by atoms with Crippen molar-refractivity contribution in [3.05, 3.63) is 82.9 Å². The van der Waals surface area contributed by atoms with Crippen molar-refractivity contribution in [2.24, 2.45) is 0 Å². The minimum absolute atomic E-state index is 0.206. The second kappa shape index (κ2) is 6.38. The maximum atomic E-state index is 11.3. The maximum Gasteiger partial charge on any atom is 0.336 e. The van der Waals surface area contributed by atoms with Crippen molar-refractivity contribution < 1.29 is 19.8 Å². The van der Waals surface area contributed by atoms with Crippen LogP contribution in [0.25, 0.3) is 22.9 Å². The van der Waals surface area contributed by atoms with Crippen molar-refractivity contribution in [3.8, 4) is 0 Å². The van der Waals surface area contributed by atoms with Gasteiger partial charge < -0.3 is 10.2 Å². The largest absolute Gasteiger partial charge is 0.478 e. The van der Waals surface area contributed by atoms with Gasteiger partial charge >= 0.3 is 11.9 Å². The number of carboxylic acids is 2. The van der Waals surface area contributed by atoms with Crippen LogP contribution in [0.1, 0.15) is 31.8 Å². The first-order chi connectivity index (χ1) is 11.5. The summed E-state index contributed by atoms with van der Waals surface area (Å²) in [5, 5.41) is 19.8. The molecule has 0 amide bonds. The summed E-state index contributed by atoms with van der Waals surface area (Å²) in [6.07, 6.45) is 3.89. The highest BCUT2D eigenvalue weighted by molar-refractivity contribution is 6.06. The molecule has 3 aromatic rings. The lowest BCUT2D eigenvalue weighted by Gasteiger charge is -2.06. The van der Waals surface area contributed by atoms with Gasteiger partial charge in [0.25, 0.3) is 0 Å². The second-order valence-corrected chi connectivity index (χ2v) is 5.36. The Morgan fingerprint density at radius 1 is 0.667 bits per heavy atom. The van der Waals surface area contributed by atoms with E-state index in [9.17, 15) is 14.7 Å². The standard InChI is InChI=1S/C20H14O4/c21-19(22)17-11-15-9-8-14(7-6-13-4-2-1-3-5-13)10-16(15)12-18(17)20(23)24/h1-12H,(H,21,22)(H,23,24)/b7-6+. The van der Waals surface area contributed by atoms with E-state index in [0.29, 0.717) is 10.8 Å². The summed E-state index contributed by atoms with van der Waals surface area (Å²) >= 11 is 0. The van der Waals surface area contributed by atoms with E-state index in [0.717, 1.165) is 11.1 Å². The quantitative estimate of drug-likeness (QED) is 0.699. The van der Waals surface area contributed by atoms with Crippen LogP contribution < -0.4 is 0 Å². The molecule has 24 heavy (non-hydrogen) atoms. The van der Waals surface area contributed by atoms with Crippen molar-refractivity contribution in [1.82, 2.24) is 0 Å². The van der Waals surface area contributed by atoms with Gasteiger partial charge in [-0.15, -0.1) is 0 Å². The van der Waals surface area contributed by atoms with Gasteiger partial charge in [-0.05, 0) is 40.1 Å². The number of fused-ring (bicyclic) bond motifs is 1.